The van der Waals surface area contributed by atoms with E-state index in [0.29, 0.717) is 40.3 Å². The molecule has 4 fully saturated rings. The summed E-state index contributed by atoms with van der Waals surface area (Å²) in [5, 5.41) is 2.36. The van der Waals surface area contributed by atoms with Crippen molar-refractivity contribution in [3.8, 4) is 5.75 Å². The Morgan fingerprint density at radius 1 is 1.02 bits per heavy atom. The summed E-state index contributed by atoms with van der Waals surface area (Å²) in [5.74, 6) is -0.402. The van der Waals surface area contributed by atoms with Crippen LogP contribution in [-0.4, -0.2) is 68.6 Å². The van der Waals surface area contributed by atoms with E-state index in [0.717, 1.165) is 71.2 Å². The lowest BCUT2D eigenvalue weighted by atomic mass is 9.61. The smallest absolute Gasteiger partial charge is 0.338 e. The van der Waals surface area contributed by atoms with Crippen LogP contribution in [0.5, 0.6) is 5.75 Å². The second kappa shape index (κ2) is 12.0. The predicted octanol–water partition coefficient (Wildman–Crippen LogP) is 4.67. The molecule has 8 nitrogen and oxygen atoms in total. The van der Waals surface area contributed by atoms with Crippen LogP contribution < -0.4 is 15.0 Å². The molecule has 6 rings (SSSR count). The minimum absolute atomic E-state index is 0.00179. The van der Waals surface area contributed by atoms with Crippen LogP contribution >= 0.6 is 0 Å². The molecule has 1 spiro atoms. The van der Waals surface area contributed by atoms with Gasteiger partial charge in [-0.2, -0.15) is 0 Å². The first-order valence-electron chi connectivity index (χ1n) is 15.3. The number of likely N-dealkylation sites (tertiary alicyclic amines) is 1. The summed E-state index contributed by atoms with van der Waals surface area (Å²) in [4.78, 5) is 40.9. The third-order valence-electron chi connectivity index (χ3n) is 9.90. The second-order valence-corrected chi connectivity index (χ2v) is 12.6. The molecule has 1 N–H and O–H groups in total. The number of hydrogen-bond donors (Lipinski definition) is 1. The highest BCUT2D eigenvalue weighted by Gasteiger charge is 2.47. The van der Waals surface area contributed by atoms with Gasteiger partial charge in [0.1, 0.15) is 17.7 Å². The Hall–Kier alpha value is -3.46. The number of nitrogens with one attached hydrogen (secondary N) is 1. The number of halogens is 1. The number of amides is 2. The Balaban J connectivity index is 0.924. The fraction of sp³-hybridized carbons (Fsp3) is 0.545. The monoisotopic (exact) mass is 577 g/mol. The summed E-state index contributed by atoms with van der Waals surface area (Å²) in [7, 11) is 1.59. The molecule has 9 heteroatoms. The molecular weight excluding hydrogens is 537 g/mol. The molecule has 1 unspecified atom stereocenters. The third-order valence-corrected chi connectivity index (χ3v) is 9.90. The fourth-order valence-corrected chi connectivity index (χ4v) is 7.31. The molecule has 0 radical (unpaired) electrons. The van der Waals surface area contributed by atoms with Crippen molar-refractivity contribution in [3.63, 3.8) is 0 Å². The van der Waals surface area contributed by atoms with Gasteiger partial charge in [0.2, 0.25) is 11.8 Å². The van der Waals surface area contributed by atoms with Gasteiger partial charge in [0.05, 0.1) is 24.3 Å². The van der Waals surface area contributed by atoms with Crippen LogP contribution in [0.3, 0.4) is 0 Å². The number of carbonyl (C=O) groups is 3. The summed E-state index contributed by atoms with van der Waals surface area (Å²) in [6.07, 6.45) is 6.94. The maximum absolute atomic E-state index is 15.1. The van der Waals surface area contributed by atoms with E-state index in [2.05, 4.69) is 15.1 Å². The minimum atomic E-state index is -0.472. The molecule has 0 bridgehead atoms. The maximum atomic E-state index is 15.1. The van der Waals surface area contributed by atoms with Crippen LogP contribution in [0.1, 0.15) is 73.2 Å². The molecule has 2 amide bonds. The van der Waals surface area contributed by atoms with Gasteiger partial charge in [0.15, 0.2) is 0 Å². The van der Waals surface area contributed by atoms with E-state index in [4.69, 9.17) is 9.47 Å². The molecule has 2 aromatic rings. The van der Waals surface area contributed by atoms with Gasteiger partial charge in [-0.1, -0.05) is 12.1 Å². The van der Waals surface area contributed by atoms with Crippen molar-refractivity contribution < 1.29 is 28.2 Å². The minimum Gasteiger partial charge on any atom is -0.497 e. The maximum Gasteiger partial charge on any atom is 0.338 e. The lowest BCUT2D eigenvalue weighted by Gasteiger charge is -2.52. The molecule has 1 aliphatic carbocycles. The lowest BCUT2D eigenvalue weighted by Crippen LogP contribution is -2.51. The Kier molecular flexibility index (Phi) is 8.21. The van der Waals surface area contributed by atoms with Crippen LogP contribution in [-0.2, 0) is 14.3 Å². The molecule has 2 aromatic carbocycles. The van der Waals surface area contributed by atoms with Gasteiger partial charge >= 0.3 is 5.97 Å². The van der Waals surface area contributed by atoms with Crippen LogP contribution in [0.25, 0.3) is 0 Å². The molecule has 4 aliphatic rings. The molecule has 224 valence electrons. The van der Waals surface area contributed by atoms with Crippen molar-refractivity contribution in [2.75, 3.05) is 44.7 Å². The quantitative estimate of drug-likeness (QED) is 0.378. The SMILES string of the molecule is COc1cccc(C(=O)OC2CC3(CCN(CC4CCN(c5ccc(C6CCC(=O)NC6=O)cc5F)CC4)CC3)C2)c1. The zero-order valence-corrected chi connectivity index (χ0v) is 24.3. The Morgan fingerprint density at radius 2 is 1.79 bits per heavy atom. The number of rotatable bonds is 7. The van der Waals surface area contributed by atoms with Gasteiger partial charge in [0, 0.05) is 26.1 Å². The van der Waals surface area contributed by atoms with E-state index in [1.54, 1.807) is 31.4 Å². The number of carbonyl (C=O) groups excluding carboxylic acids is 3. The van der Waals surface area contributed by atoms with Gasteiger partial charge in [-0.25, -0.2) is 9.18 Å². The molecular formula is C33H40FN3O5. The first-order valence-corrected chi connectivity index (χ1v) is 15.3. The van der Waals surface area contributed by atoms with Gasteiger partial charge < -0.3 is 19.3 Å². The van der Waals surface area contributed by atoms with E-state index >= 15 is 4.39 Å². The average molecular weight is 578 g/mol. The highest BCUT2D eigenvalue weighted by Crippen LogP contribution is 2.50. The third kappa shape index (κ3) is 6.16. The fourth-order valence-electron chi connectivity index (χ4n) is 7.31. The number of benzene rings is 2. The average Bonchev–Trinajstić information content (AvgIpc) is 2.98. The van der Waals surface area contributed by atoms with Crippen LogP contribution in [0.15, 0.2) is 42.5 Å². The Morgan fingerprint density at radius 3 is 2.48 bits per heavy atom. The van der Waals surface area contributed by atoms with Crippen molar-refractivity contribution >= 4 is 23.5 Å². The number of hydrogen-bond acceptors (Lipinski definition) is 7. The summed E-state index contributed by atoms with van der Waals surface area (Å²) in [6, 6.07) is 12.2. The van der Waals surface area contributed by atoms with E-state index < -0.39 is 5.92 Å². The van der Waals surface area contributed by atoms with Gasteiger partial charge in [-0.15, -0.1) is 0 Å². The number of anilines is 1. The number of imide groups is 1. The van der Waals surface area contributed by atoms with Crippen LogP contribution in [0, 0.1) is 17.2 Å². The lowest BCUT2D eigenvalue weighted by molar-refractivity contribution is -0.134. The number of piperidine rings is 3. The highest BCUT2D eigenvalue weighted by molar-refractivity contribution is 6.01. The topological polar surface area (TPSA) is 88.2 Å². The first-order chi connectivity index (χ1) is 20.3. The molecule has 42 heavy (non-hydrogen) atoms. The zero-order valence-electron chi connectivity index (χ0n) is 24.3. The van der Waals surface area contributed by atoms with Gasteiger partial charge in [0.25, 0.3) is 0 Å². The van der Waals surface area contributed by atoms with E-state index in [1.807, 2.05) is 12.1 Å². The predicted molar refractivity (Wildman–Crippen MR) is 156 cm³/mol. The second-order valence-electron chi connectivity index (χ2n) is 12.6. The summed E-state index contributed by atoms with van der Waals surface area (Å²) >= 11 is 0. The number of esters is 1. The first kappa shape index (κ1) is 28.6. The molecule has 3 saturated heterocycles. The van der Waals surface area contributed by atoms with Crippen molar-refractivity contribution in [1.29, 1.82) is 0 Å². The molecule has 1 saturated carbocycles. The van der Waals surface area contributed by atoms with Crippen molar-refractivity contribution in [1.82, 2.24) is 10.2 Å². The largest absolute Gasteiger partial charge is 0.497 e. The van der Waals surface area contributed by atoms with Gasteiger partial charge in [-0.3, -0.25) is 14.9 Å². The number of ether oxygens (including phenoxy) is 2. The van der Waals surface area contributed by atoms with Gasteiger partial charge in [-0.05, 0) is 105 Å². The molecule has 1 atom stereocenters. The molecule has 3 aliphatic heterocycles. The van der Waals surface area contributed by atoms with E-state index in [1.165, 1.54) is 6.07 Å². The van der Waals surface area contributed by atoms with Crippen molar-refractivity contribution in [2.24, 2.45) is 11.3 Å². The summed E-state index contributed by atoms with van der Waals surface area (Å²) in [6.45, 7) is 4.87. The Labute approximate surface area is 246 Å². The van der Waals surface area contributed by atoms with Crippen LogP contribution in [0.4, 0.5) is 10.1 Å². The summed E-state index contributed by atoms with van der Waals surface area (Å²) in [5.41, 5.74) is 2.06. The van der Waals surface area contributed by atoms with E-state index in [9.17, 15) is 14.4 Å². The van der Waals surface area contributed by atoms with Crippen LogP contribution in [0.2, 0.25) is 0 Å². The van der Waals surface area contributed by atoms with E-state index in [-0.39, 0.29) is 36.1 Å². The number of nitrogens with zero attached hydrogens (tertiary/aromatic N) is 2. The Bertz CT molecular complexity index is 1320. The normalized spacial score (nSPS) is 23.4. The molecule has 3 heterocycles. The standard InChI is InChI=1S/C33H40FN3O5/c1-41-25-4-2-3-24(17-25)32(40)42-26-19-33(20-26)11-15-36(16-12-33)21-22-9-13-37(14-10-22)29-7-5-23(18-28(29)34)27-6-8-30(38)35-31(27)39/h2-5,7,17-18,22,26-27H,6,8-16,19-21H2,1H3,(H,35,38,39). The zero-order chi connectivity index (χ0) is 29.3. The van der Waals surface area contributed by atoms with Crippen molar-refractivity contribution in [3.05, 3.63) is 59.4 Å². The number of methoxy groups -OCH3 is 1. The summed E-state index contributed by atoms with van der Waals surface area (Å²) < 4.78 is 26.1. The van der Waals surface area contributed by atoms with Crippen molar-refractivity contribution in [2.45, 2.75) is 63.4 Å². The molecule has 0 aromatic heterocycles. The highest BCUT2D eigenvalue weighted by atomic mass is 19.1.